The third kappa shape index (κ3) is 9.83. The van der Waals surface area contributed by atoms with Gasteiger partial charge in [-0.15, -0.1) is 0 Å². The van der Waals surface area contributed by atoms with Crippen molar-refractivity contribution in [3.63, 3.8) is 0 Å². The van der Waals surface area contributed by atoms with Gasteiger partial charge in [-0.2, -0.15) is 0 Å². The van der Waals surface area contributed by atoms with Crippen LogP contribution in [0.25, 0.3) is 0 Å². The molecule has 0 aliphatic heterocycles. The third-order valence-corrected chi connectivity index (χ3v) is 12.4. The van der Waals surface area contributed by atoms with Gasteiger partial charge in [-0.1, -0.05) is 184 Å². The predicted octanol–water partition coefficient (Wildman–Crippen LogP) is 9.00. The van der Waals surface area contributed by atoms with Crippen LogP contribution >= 0.6 is 0 Å². The second-order valence-corrected chi connectivity index (χ2v) is 15.5. The van der Waals surface area contributed by atoms with E-state index in [1.807, 2.05) is 12.5 Å². The highest BCUT2D eigenvalue weighted by Crippen LogP contribution is 2.34. The van der Waals surface area contributed by atoms with Crippen molar-refractivity contribution in [3.8, 4) is 0 Å². The van der Waals surface area contributed by atoms with Crippen LogP contribution < -0.4 is 5.19 Å². The van der Waals surface area contributed by atoms with Crippen molar-refractivity contribution >= 4 is 22.6 Å². The Bertz CT molecular complexity index is 1640. The average Bonchev–Trinajstić information content (AvgIpc) is 3.72. The first kappa shape index (κ1) is 35.9. The maximum Gasteiger partial charge on any atom is 0.116 e. The van der Waals surface area contributed by atoms with Gasteiger partial charge in [0.2, 0.25) is 0 Å². The van der Waals surface area contributed by atoms with Gasteiger partial charge in [-0.25, -0.2) is 4.98 Å². The van der Waals surface area contributed by atoms with Crippen molar-refractivity contribution < 1.29 is 0 Å². The Morgan fingerprint density at radius 3 is 1.45 bits per heavy atom. The summed E-state index contributed by atoms with van der Waals surface area (Å²) in [6.07, 6.45) is 16.1. The highest BCUT2D eigenvalue weighted by atomic mass is 28.2. The average molecular weight is 661 g/mol. The molecule has 0 spiro atoms. The van der Waals surface area contributed by atoms with Crippen molar-refractivity contribution in [2.75, 3.05) is 0 Å². The highest BCUT2D eigenvalue weighted by molar-refractivity contribution is 6.57. The van der Waals surface area contributed by atoms with E-state index in [0.717, 1.165) is 12.8 Å². The molecule has 0 aliphatic carbocycles. The smallest absolute Gasteiger partial charge is 0.116 e. The zero-order valence-corrected chi connectivity index (χ0v) is 31.3. The number of hydrogen-bond acceptors (Lipinski definition) is 1. The maximum atomic E-state index is 4.50. The summed E-state index contributed by atoms with van der Waals surface area (Å²) in [5.74, 6) is 0.484. The lowest BCUT2D eigenvalue weighted by molar-refractivity contribution is 0.595. The lowest BCUT2D eigenvalue weighted by Crippen LogP contribution is -2.46. The van der Waals surface area contributed by atoms with Crippen molar-refractivity contribution in [1.82, 2.24) is 9.55 Å². The van der Waals surface area contributed by atoms with E-state index in [4.69, 9.17) is 0 Å². The van der Waals surface area contributed by atoms with E-state index in [0.29, 0.717) is 5.82 Å². The first-order chi connectivity index (χ1) is 24.1. The first-order valence-electron chi connectivity index (χ1n) is 18.4. The summed E-state index contributed by atoms with van der Waals surface area (Å²) in [5.41, 5.74) is 8.36. The van der Waals surface area contributed by atoms with Crippen LogP contribution in [0.15, 0.2) is 158 Å². The van der Waals surface area contributed by atoms with Crippen LogP contribution in [0.2, 0.25) is 0 Å². The van der Waals surface area contributed by atoms with Gasteiger partial charge in [0.05, 0.1) is 21.0 Å². The van der Waals surface area contributed by atoms with Crippen LogP contribution in [0.4, 0.5) is 0 Å². The maximum absolute atomic E-state index is 4.50. The number of nitrogens with zero attached hydrogens (tertiary/aromatic N) is 2. The van der Waals surface area contributed by atoms with Crippen LogP contribution in [0.1, 0.15) is 91.6 Å². The number of unbranched alkanes of at least 4 members (excludes halogenated alkanes) is 4. The lowest BCUT2D eigenvalue weighted by Gasteiger charge is -2.37. The molecular weight excluding hydrogens is 607 g/mol. The molecule has 49 heavy (non-hydrogen) atoms. The Labute approximate surface area is 298 Å². The van der Waals surface area contributed by atoms with E-state index in [1.165, 1.54) is 77.1 Å². The number of imidazole rings is 1. The van der Waals surface area contributed by atoms with Crippen LogP contribution in [0.5, 0.6) is 0 Å². The largest absolute Gasteiger partial charge is 0.326 e. The summed E-state index contributed by atoms with van der Waals surface area (Å²) >= 11 is 0. The number of aryl methyl sites for hydroxylation is 2. The van der Waals surface area contributed by atoms with Crippen molar-refractivity contribution in [3.05, 3.63) is 192 Å². The molecular formula is C45H53BN2Si. The third-order valence-electron chi connectivity index (χ3n) is 9.85. The minimum atomic E-state index is -0.811. The number of hydrogen-bond donors (Lipinski definition) is 0. The SMILES string of the molecule is BC(c1ccccc1)c1ccccc1.CCCCCc1ccc(C([SiH2]c2ccccc2)(c2ccc(CCCCC)cc2)n2ccnc2)cc1. The molecule has 2 nitrogen and oxygen atoms in total. The second-order valence-electron chi connectivity index (χ2n) is 13.3. The van der Waals surface area contributed by atoms with E-state index >= 15 is 0 Å². The molecule has 0 amide bonds. The minimum Gasteiger partial charge on any atom is -0.326 e. The normalized spacial score (nSPS) is 11.5. The Morgan fingerprint density at radius 2 is 1.04 bits per heavy atom. The summed E-state index contributed by atoms with van der Waals surface area (Å²) in [6.45, 7) is 4.54. The van der Waals surface area contributed by atoms with Gasteiger partial charge in [-0.05, 0) is 64.9 Å². The van der Waals surface area contributed by atoms with E-state index in [-0.39, 0.29) is 5.16 Å². The molecule has 1 heterocycles. The molecule has 0 radical (unpaired) electrons. The predicted molar refractivity (Wildman–Crippen MR) is 216 cm³/mol. The van der Waals surface area contributed by atoms with E-state index in [2.05, 4.69) is 177 Å². The first-order valence-corrected chi connectivity index (χ1v) is 19.9. The van der Waals surface area contributed by atoms with Crippen LogP contribution in [-0.2, 0) is 18.0 Å². The van der Waals surface area contributed by atoms with Gasteiger partial charge in [0.15, 0.2) is 0 Å². The van der Waals surface area contributed by atoms with Crippen LogP contribution in [0, 0.1) is 0 Å². The number of aromatic nitrogens is 2. The fourth-order valence-electron chi connectivity index (χ4n) is 6.86. The minimum absolute atomic E-state index is 0.220. The molecule has 0 fully saturated rings. The Morgan fingerprint density at radius 1 is 0.592 bits per heavy atom. The molecule has 0 N–H and O–H groups in total. The summed E-state index contributed by atoms with van der Waals surface area (Å²) in [6, 6.07) is 51.2. The van der Waals surface area contributed by atoms with Gasteiger partial charge >= 0.3 is 0 Å². The van der Waals surface area contributed by atoms with Crippen LogP contribution in [0.3, 0.4) is 0 Å². The van der Waals surface area contributed by atoms with Crippen molar-refractivity contribution in [2.45, 2.75) is 76.2 Å². The Kier molecular flexibility index (Phi) is 13.9. The van der Waals surface area contributed by atoms with Crippen molar-refractivity contribution in [1.29, 1.82) is 0 Å². The highest BCUT2D eigenvalue weighted by Gasteiger charge is 2.36. The molecule has 6 rings (SSSR count). The zero-order valence-electron chi connectivity index (χ0n) is 29.8. The molecule has 6 aromatic rings. The summed E-state index contributed by atoms with van der Waals surface area (Å²) in [5, 5.41) is 1.24. The van der Waals surface area contributed by atoms with Gasteiger partial charge in [-0.3, -0.25) is 0 Å². The Hall–Kier alpha value is -4.41. The molecule has 1 aromatic heterocycles. The fraction of sp³-hybridized carbons (Fsp3) is 0.267. The van der Waals surface area contributed by atoms with E-state index in [1.54, 1.807) is 0 Å². The summed E-state index contributed by atoms with van der Waals surface area (Å²) < 4.78 is 2.37. The van der Waals surface area contributed by atoms with Gasteiger partial charge in [0, 0.05) is 12.4 Å². The fourth-order valence-corrected chi connectivity index (χ4v) is 9.21. The standard InChI is InChI=1S/C32H40N2Si.C13H13B/c1-3-5-8-12-27-16-20-29(21-17-27)32(34-25-24-33-26-34,35-31-14-10-7-11-15-31)30-22-18-28(19-23-30)13-9-6-4-2;14-13(11-7-3-1-4-8-11)12-9-5-2-6-10-12/h7,10-11,14-26H,3-6,8-9,12-13,35H2,1-2H3;1-10,13H,14H2. The molecule has 0 unspecified atom stereocenters. The monoisotopic (exact) mass is 660 g/mol. The number of benzene rings is 5. The topological polar surface area (TPSA) is 17.8 Å². The number of rotatable bonds is 15. The molecule has 0 bridgehead atoms. The van der Waals surface area contributed by atoms with E-state index < -0.39 is 9.52 Å². The van der Waals surface area contributed by atoms with Gasteiger partial charge in [0.25, 0.3) is 0 Å². The molecule has 0 saturated heterocycles. The van der Waals surface area contributed by atoms with Gasteiger partial charge in [0.1, 0.15) is 7.85 Å². The molecule has 0 saturated carbocycles. The molecule has 4 heteroatoms. The van der Waals surface area contributed by atoms with E-state index in [9.17, 15) is 0 Å². The molecule has 0 atom stereocenters. The summed E-state index contributed by atoms with van der Waals surface area (Å²) in [4.78, 5) is 4.50. The lowest BCUT2D eigenvalue weighted by atomic mass is 9.76. The molecule has 5 aromatic carbocycles. The summed E-state index contributed by atoms with van der Waals surface area (Å²) in [7, 11) is 1.43. The Balaban J connectivity index is 0.000000278. The molecule has 0 aliphatic rings. The van der Waals surface area contributed by atoms with Gasteiger partial charge < -0.3 is 4.57 Å². The second kappa shape index (κ2) is 19.0. The quantitative estimate of drug-likeness (QED) is 0.0794. The zero-order chi connectivity index (χ0) is 34.2. The molecule has 250 valence electrons. The van der Waals surface area contributed by atoms with Crippen LogP contribution in [-0.4, -0.2) is 26.9 Å². The van der Waals surface area contributed by atoms with Crippen molar-refractivity contribution in [2.24, 2.45) is 0 Å².